The molecule has 1 aliphatic rings. The van der Waals surface area contributed by atoms with Crippen LogP contribution in [0.15, 0.2) is 17.2 Å². The zero-order valence-electron chi connectivity index (χ0n) is 10.5. The van der Waals surface area contributed by atoms with Crippen molar-refractivity contribution in [3.63, 3.8) is 0 Å². The Morgan fingerprint density at radius 3 is 2.89 bits per heavy atom. The lowest BCUT2D eigenvalue weighted by molar-refractivity contribution is 0.0374. The van der Waals surface area contributed by atoms with Gasteiger partial charge in [-0.1, -0.05) is 6.92 Å². The minimum atomic E-state index is -3.79. The van der Waals surface area contributed by atoms with E-state index in [2.05, 4.69) is 10.3 Å². The van der Waals surface area contributed by atoms with Gasteiger partial charge in [-0.15, -0.1) is 0 Å². The maximum Gasteiger partial charge on any atom is 0.267 e. The minimum absolute atomic E-state index is 0.0301. The summed E-state index contributed by atoms with van der Waals surface area (Å²) < 4.78 is 27.5. The van der Waals surface area contributed by atoms with E-state index in [1.807, 2.05) is 6.92 Å². The van der Waals surface area contributed by atoms with Crippen molar-refractivity contribution in [3.05, 3.63) is 18.0 Å². The van der Waals surface area contributed by atoms with Crippen molar-refractivity contribution >= 4 is 15.9 Å². The Labute approximate surface area is 111 Å². The van der Waals surface area contributed by atoms with Gasteiger partial charge in [-0.25, -0.2) is 13.6 Å². The molecule has 0 bridgehead atoms. The summed E-state index contributed by atoms with van der Waals surface area (Å²) in [6, 6.07) is 1.26. The first-order chi connectivity index (χ1) is 8.88. The van der Waals surface area contributed by atoms with Crippen LogP contribution in [0.25, 0.3) is 0 Å². The van der Waals surface area contributed by atoms with Crippen LogP contribution in [0.1, 0.15) is 23.8 Å². The third-order valence-electron chi connectivity index (χ3n) is 3.19. The Bertz CT molecular complexity index is 566. The number of aromatic amines is 1. The summed E-state index contributed by atoms with van der Waals surface area (Å²) in [6.45, 7) is 3.22. The van der Waals surface area contributed by atoms with Crippen LogP contribution in [0.2, 0.25) is 0 Å². The quantitative estimate of drug-likeness (QED) is 0.715. The monoisotopic (exact) mass is 287 g/mol. The lowest BCUT2D eigenvalue weighted by Crippen LogP contribution is -2.44. The molecule has 1 saturated heterocycles. The first-order valence-electron chi connectivity index (χ1n) is 5.98. The molecule has 0 aromatic carbocycles. The molecule has 7 nitrogen and oxygen atoms in total. The highest BCUT2D eigenvalue weighted by Crippen LogP contribution is 2.15. The first kappa shape index (κ1) is 14.0. The summed E-state index contributed by atoms with van der Waals surface area (Å²) in [5, 5.41) is 7.84. The second kappa shape index (κ2) is 5.32. The van der Waals surface area contributed by atoms with Crippen molar-refractivity contribution in [2.45, 2.75) is 24.3 Å². The van der Waals surface area contributed by atoms with E-state index in [4.69, 9.17) is 9.88 Å². The second-order valence-electron chi connectivity index (χ2n) is 4.71. The molecular weight excluding hydrogens is 270 g/mol. The van der Waals surface area contributed by atoms with Crippen LogP contribution < -0.4 is 10.5 Å². The van der Waals surface area contributed by atoms with Gasteiger partial charge in [-0.3, -0.25) is 4.79 Å². The van der Waals surface area contributed by atoms with Crippen LogP contribution in [0.4, 0.5) is 0 Å². The molecule has 1 aromatic rings. The molecule has 0 saturated carbocycles. The number of nitrogens with two attached hydrogens (primary N) is 1. The standard InChI is InChI=1S/C11H17N3O4S/c1-7-6-18-3-2-9(7)14-11(15)10-4-8(5-13-10)19(12,16)17/h4-5,7,9,13H,2-3,6H2,1H3,(H,14,15)(H2,12,16,17). The number of carbonyl (C=O) groups is 1. The molecule has 1 aromatic heterocycles. The van der Waals surface area contributed by atoms with E-state index >= 15 is 0 Å². The van der Waals surface area contributed by atoms with Crippen LogP contribution in [0.3, 0.4) is 0 Å². The van der Waals surface area contributed by atoms with Crippen molar-refractivity contribution in [2.24, 2.45) is 11.1 Å². The second-order valence-corrected chi connectivity index (χ2v) is 6.28. The molecule has 0 aliphatic carbocycles. The number of aromatic nitrogens is 1. The number of hydrogen-bond donors (Lipinski definition) is 3. The predicted molar refractivity (Wildman–Crippen MR) is 68.0 cm³/mol. The summed E-state index contributed by atoms with van der Waals surface area (Å²) in [4.78, 5) is 14.5. The lowest BCUT2D eigenvalue weighted by atomic mass is 9.98. The molecule has 0 radical (unpaired) electrons. The zero-order chi connectivity index (χ0) is 14.0. The van der Waals surface area contributed by atoms with Gasteiger partial charge in [-0.2, -0.15) is 0 Å². The number of rotatable bonds is 3. The van der Waals surface area contributed by atoms with Gasteiger partial charge in [0.2, 0.25) is 10.0 Å². The van der Waals surface area contributed by atoms with Crippen molar-refractivity contribution < 1.29 is 17.9 Å². The summed E-state index contributed by atoms with van der Waals surface area (Å²) >= 11 is 0. The van der Waals surface area contributed by atoms with Crippen molar-refractivity contribution in [2.75, 3.05) is 13.2 Å². The summed E-state index contributed by atoms with van der Waals surface area (Å²) in [7, 11) is -3.79. The average Bonchev–Trinajstić information content (AvgIpc) is 2.81. The molecule has 2 heterocycles. The molecule has 0 spiro atoms. The number of nitrogens with one attached hydrogen (secondary N) is 2. The van der Waals surface area contributed by atoms with Gasteiger partial charge >= 0.3 is 0 Å². The number of H-pyrrole nitrogens is 1. The summed E-state index contributed by atoms with van der Waals surface area (Å²) in [6.07, 6.45) is 1.95. The molecule has 1 fully saturated rings. The van der Waals surface area contributed by atoms with E-state index in [0.29, 0.717) is 13.2 Å². The summed E-state index contributed by atoms with van der Waals surface area (Å²) in [5.74, 6) is -0.112. The van der Waals surface area contributed by atoms with Gasteiger partial charge in [-0.05, 0) is 18.4 Å². The molecule has 19 heavy (non-hydrogen) atoms. The third-order valence-corrected chi connectivity index (χ3v) is 4.08. The SMILES string of the molecule is CC1COCCC1NC(=O)c1cc(S(N)(=O)=O)c[nH]1. The van der Waals surface area contributed by atoms with Gasteiger partial charge in [0.1, 0.15) is 5.69 Å². The van der Waals surface area contributed by atoms with Crippen molar-refractivity contribution in [1.82, 2.24) is 10.3 Å². The van der Waals surface area contributed by atoms with Gasteiger partial charge < -0.3 is 15.0 Å². The minimum Gasteiger partial charge on any atom is -0.381 e. The number of carbonyl (C=O) groups excluding carboxylic acids is 1. The van der Waals surface area contributed by atoms with Crippen LogP contribution in [0.5, 0.6) is 0 Å². The fourth-order valence-corrected chi connectivity index (χ4v) is 2.52. The Hall–Kier alpha value is -1.38. The zero-order valence-corrected chi connectivity index (χ0v) is 11.4. The van der Waals surface area contributed by atoms with Gasteiger partial charge in [0.05, 0.1) is 11.5 Å². The van der Waals surface area contributed by atoms with Crippen molar-refractivity contribution in [1.29, 1.82) is 0 Å². The Kier molecular flexibility index (Phi) is 3.93. The molecule has 2 unspecified atom stereocenters. The topological polar surface area (TPSA) is 114 Å². The summed E-state index contributed by atoms with van der Waals surface area (Å²) in [5.41, 5.74) is 0.183. The Morgan fingerprint density at radius 1 is 1.58 bits per heavy atom. The normalized spacial score (nSPS) is 24.1. The third kappa shape index (κ3) is 3.34. The van der Waals surface area contributed by atoms with E-state index in [0.717, 1.165) is 6.42 Å². The van der Waals surface area contributed by atoms with Crippen molar-refractivity contribution in [3.8, 4) is 0 Å². The predicted octanol–water partition coefficient (Wildman–Crippen LogP) is -0.183. The fourth-order valence-electron chi connectivity index (χ4n) is 2.01. The van der Waals surface area contributed by atoms with Crippen LogP contribution >= 0.6 is 0 Å². The molecule has 1 amide bonds. The fraction of sp³-hybridized carbons (Fsp3) is 0.545. The highest BCUT2D eigenvalue weighted by Gasteiger charge is 2.24. The van der Waals surface area contributed by atoms with Crippen LogP contribution in [-0.4, -0.2) is 38.6 Å². The molecule has 2 atom stereocenters. The average molecular weight is 287 g/mol. The number of amides is 1. The lowest BCUT2D eigenvalue weighted by Gasteiger charge is -2.29. The first-order valence-corrected chi connectivity index (χ1v) is 7.52. The number of sulfonamides is 1. The molecule has 1 aliphatic heterocycles. The van der Waals surface area contributed by atoms with Gasteiger partial charge in [0.15, 0.2) is 0 Å². The van der Waals surface area contributed by atoms with Crippen LogP contribution in [0, 0.1) is 5.92 Å². The Balaban J connectivity index is 2.06. The number of hydrogen-bond acceptors (Lipinski definition) is 4. The maximum absolute atomic E-state index is 12.0. The Morgan fingerprint density at radius 2 is 2.32 bits per heavy atom. The molecular formula is C11H17N3O4S. The van der Waals surface area contributed by atoms with E-state index < -0.39 is 10.0 Å². The van der Waals surface area contributed by atoms with E-state index in [1.54, 1.807) is 0 Å². The van der Waals surface area contributed by atoms with E-state index in [1.165, 1.54) is 12.3 Å². The van der Waals surface area contributed by atoms with Gasteiger partial charge in [0, 0.05) is 18.8 Å². The van der Waals surface area contributed by atoms with Gasteiger partial charge in [0.25, 0.3) is 5.91 Å². The smallest absolute Gasteiger partial charge is 0.267 e. The maximum atomic E-state index is 12.0. The molecule has 2 rings (SSSR count). The van der Waals surface area contributed by atoms with E-state index in [-0.39, 0.29) is 28.5 Å². The van der Waals surface area contributed by atoms with Crippen LogP contribution in [-0.2, 0) is 14.8 Å². The number of primary sulfonamides is 1. The largest absolute Gasteiger partial charge is 0.381 e. The highest BCUT2D eigenvalue weighted by atomic mass is 32.2. The molecule has 106 valence electrons. The number of ether oxygens (including phenoxy) is 1. The molecule has 8 heteroatoms. The van der Waals surface area contributed by atoms with E-state index in [9.17, 15) is 13.2 Å². The molecule has 4 N–H and O–H groups in total. The highest BCUT2D eigenvalue weighted by molar-refractivity contribution is 7.89.